The predicted octanol–water partition coefficient (Wildman–Crippen LogP) is 3.38. The van der Waals surface area contributed by atoms with Crippen LogP contribution >= 0.6 is 0 Å². The van der Waals surface area contributed by atoms with Crippen LogP contribution in [0.4, 0.5) is 5.82 Å². The number of benzene rings is 1. The fraction of sp³-hybridized carbons (Fsp3) is 0.381. The number of aromatic nitrogens is 1. The third-order valence-electron chi connectivity index (χ3n) is 5.40. The van der Waals surface area contributed by atoms with Crippen molar-refractivity contribution in [1.82, 2.24) is 4.98 Å². The highest BCUT2D eigenvalue weighted by Crippen LogP contribution is 2.57. The van der Waals surface area contributed by atoms with Crippen LogP contribution in [0, 0.1) is 11.8 Å². The Balaban J connectivity index is 1.58. The van der Waals surface area contributed by atoms with E-state index in [-0.39, 0.29) is 35.4 Å². The molecule has 2 N–H and O–H groups in total. The molecule has 1 fully saturated rings. The molecule has 0 spiro atoms. The summed E-state index contributed by atoms with van der Waals surface area (Å²) in [6.07, 6.45) is 2.53. The van der Waals surface area contributed by atoms with Crippen LogP contribution in [-0.2, 0) is 20.7 Å². The van der Waals surface area contributed by atoms with E-state index in [0.29, 0.717) is 42.3 Å². The topological polar surface area (TPSA) is 97.8 Å². The Kier molecular flexibility index (Phi) is 4.66. The highest BCUT2D eigenvalue weighted by atomic mass is 16.5. The third-order valence-corrected chi connectivity index (χ3v) is 5.40. The predicted molar refractivity (Wildman–Crippen MR) is 101 cm³/mol. The van der Waals surface area contributed by atoms with Gasteiger partial charge in [-0.25, -0.2) is 4.98 Å². The van der Waals surface area contributed by atoms with Gasteiger partial charge in [0, 0.05) is 29.7 Å². The zero-order valence-corrected chi connectivity index (χ0v) is 15.8. The second-order valence-corrected chi connectivity index (χ2v) is 7.17. The fourth-order valence-electron chi connectivity index (χ4n) is 3.88. The molecule has 0 unspecified atom stereocenters. The lowest BCUT2D eigenvalue weighted by molar-refractivity contribution is -0.145. The molecule has 1 aromatic heterocycles. The van der Waals surface area contributed by atoms with Crippen molar-refractivity contribution in [2.24, 2.45) is 11.8 Å². The summed E-state index contributed by atoms with van der Waals surface area (Å²) < 4.78 is 11.2. The van der Waals surface area contributed by atoms with Crippen LogP contribution in [0.25, 0.3) is 0 Å². The average Bonchev–Trinajstić information content (AvgIpc) is 3.34. The number of nitrogens with one attached hydrogen (secondary N) is 1. The van der Waals surface area contributed by atoms with Crippen molar-refractivity contribution >= 4 is 17.7 Å². The number of carbonyl (C=O) groups excluding carboxylic acids is 2. The first-order chi connectivity index (χ1) is 13.5. The molecule has 1 saturated carbocycles. The molecule has 0 bridgehead atoms. The van der Waals surface area contributed by atoms with Crippen molar-refractivity contribution in [1.29, 1.82) is 0 Å². The van der Waals surface area contributed by atoms with Gasteiger partial charge in [0.15, 0.2) is 0 Å². The number of ether oxygens (including phenoxy) is 2. The first kappa shape index (κ1) is 18.3. The van der Waals surface area contributed by atoms with E-state index in [4.69, 9.17) is 9.47 Å². The molecule has 1 aliphatic carbocycles. The summed E-state index contributed by atoms with van der Waals surface area (Å²) in [4.78, 5) is 27.9. The van der Waals surface area contributed by atoms with E-state index >= 15 is 0 Å². The van der Waals surface area contributed by atoms with Crippen molar-refractivity contribution in [3.63, 3.8) is 0 Å². The maximum absolute atomic E-state index is 12.1. The number of anilines is 1. The van der Waals surface area contributed by atoms with Crippen LogP contribution in [0.3, 0.4) is 0 Å². The molecular formula is C21H22N2O5. The van der Waals surface area contributed by atoms with Crippen LogP contribution in [-0.4, -0.2) is 28.6 Å². The number of phenolic OH excluding ortho intramolecular Hbond substituents is 1. The van der Waals surface area contributed by atoms with Gasteiger partial charge in [0.2, 0.25) is 5.91 Å². The number of phenols is 1. The molecule has 3 atom stereocenters. The van der Waals surface area contributed by atoms with Gasteiger partial charge in [-0.3, -0.25) is 9.59 Å². The smallest absolute Gasteiger partial charge is 0.309 e. The molecule has 1 aromatic carbocycles. The SMILES string of the molecule is CCOC(=O)[C@@H]1[C@@H](C)[C@H]1c1cc(Oc2ccnc3c2CCC(=O)N3)ccc1O. The minimum Gasteiger partial charge on any atom is -0.508 e. The second kappa shape index (κ2) is 7.14. The Morgan fingerprint density at radius 2 is 2.14 bits per heavy atom. The van der Waals surface area contributed by atoms with Crippen molar-refractivity contribution in [2.75, 3.05) is 11.9 Å². The van der Waals surface area contributed by atoms with Gasteiger partial charge in [0.05, 0.1) is 12.5 Å². The van der Waals surface area contributed by atoms with Crippen LogP contribution in [0.1, 0.15) is 37.3 Å². The molecule has 7 heteroatoms. The third kappa shape index (κ3) is 3.28. The van der Waals surface area contributed by atoms with Crippen LogP contribution < -0.4 is 10.1 Å². The fourth-order valence-corrected chi connectivity index (χ4v) is 3.88. The average molecular weight is 382 g/mol. The lowest BCUT2D eigenvalue weighted by atomic mass is 10.1. The molecular weight excluding hydrogens is 360 g/mol. The number of hydrogen-bond acceptors (Lipinski definition) is 6. The number of hydrogen-bond donors (Lipinski definition) is 2. The quantitative estimate of drug-likeness (QED) is 0.770. The van der Waals surface area contributed by atoms with Gasteiger partial charge < -0.3 is 19.9 Å². The summed E-state index contributed by atoms with van der Waals surface area (Å²) in [5.41, 5.74) is 1.53. The number of amides is 1. The summed E-state index contributed by atoms with van der Waals surface area (Å²) in [5, 5.41) is 13.1. The van der Waals surface area contributed by atoms with Gasteiger partial charge in [-0.15, -0.1) is 0 Å². The molecule has 2 aromatic rings. The van der Waals surface area contributed by atoms with Crippen LogP contribution in [0.15, 0.2) is 30.5 Å². The molecule has 2 heterocycles. The Labute approximate surface area is 162 Å². The second-order valence-electron chi connectivity index (χ2n) is 7.17. The van der Waals surface area contributed by atoms with Gasteiger partial charge >= 0.3 is 5.97 Å². The summed E-state index contributed by atoms with van der Waals surface area (Å²) in [7, 11) is 0. The summed E-state index contributed by atoms with van der Waals surface area (Å²) in [5.74, 6) is 1.31. The molecule has 4 rings (SSSR count). The van der Waals surface area contributed by atoms with Crippen LogP contribution in [0.2, 0.25) is 0 Å². The van der Waals surface area contributed by atoms with Crippen molar-refractivity contribution in [3.8, 4) is 17.2 Å². The largest absolute Gasteiger partial charge is 0.508 e. The van der Waals surface area contributed by atoms with Crippen LogP contribution in [0.5, 0.6) is 17.2 Å². The first-order valence-electron chi connectivity index (χ1n) is 9.44. The Hall–Kier alpha value is -3.09. The number of pyridine rings is 1. The molecule has 28 heavy (non-hydrogen) atoms. The molecule has 0 radical (unpaired) electrons. The number of aromatic hydroxyl groups is 1. The maximum atomic E-state index is 12.1. The number of esters is 1. The lowest BCUT2D eigenvalue weighted by Crippen LogP contribution is -2.20. The van der Waals surface area contributed by atoms with E-state index < -0.39 is 0 Å². The number of rotatable bonds is 5. The normalized spacial score (nSPS) is 22.8. The van der Waals surface area contributed by atoms with E-state index in [0.717, 1.165) is 5.56 Å². The molecule has 7 nitrogen and oxygen atoms in total. The standard InChI is InChI=1S/C21H22N2O5/c1-3-27-21(26)19-11(2)18(19)14-10-12(4-6-15(14)24)28-16-8-9-22-20-13(16)5-7-17(25)23-20/h4,6,8-11,18-19,24H,3,5,7H2,1-2H3,(H,22,23,25)/t11-,18-,19+/m0/s1. The lowest BCUT2D eigenvalue weighted by Gasteiger charge is -2.19. The Morgan fingerprint density at radius 1 is 1.32 bits per heavy atom. The van der Waals surface area contributed by atoms with E-state index in [2.05, 4.69) is 10.3 Å². The van der Waals surface area contributed by atoms with Gasteiger partial charge in [-0.1, -0.05) is 6.92 Å². The first-order valence-corrected chi connectivity index (χ1v) is 9.44. The van der Waals surface area contributed by atoms with E-state index in [1.807, 2.05) is 6.92 Å². The molecule has 2 aliphatic rings. The zero-order chi connectivity index (χ0) is 19.8. The highest BCUT2D eigenvalue weighted by Gasteiger charge is 2.54. The monoisotopic (exact) mass is 382 g/mol. The van der Waals surface area contributed by atoms with E-state index in [1.54, 1.807) is 37.4 Å². The number of nitrogens with zero attached hydrogens (tertiary/aromatic N) is 1. The molecule has 146 valence electrons. The minimum atomic E-state index is -0.245. The Bertz CT molecular complexity index is 942. The zero-order valence-electron chi connectivity index (χ0n) is 15.8. The summed E-state index contributed by atoms with van der Waals surface area (Å²) in [6, 6.07) is 6.78. The van der Waals surface area contributed by atoms with Gasteiger partial charge in [0.1, 0.15) is 23.1 Å². The molecule has 1 aliphatic heterocycles. The van der Waals surface area contributed by atoms with Gasteiger partial charge in [-0.05, 0) is 43.5 Å². The number of carbonyl (C=O) groups is 2. The van der Waals surface area contributed by atoms with E-state index in [9.17, 15) is 14.7 Å². The maximum Gasteiger partial charge on any atom is 0.309 e. The number of fused-ring (bicyclic) bond motifs is 1. The molecule has 1 amide bonds. The minimum absolute atomic E-state index is 0.0585. The molecule has 0 saturated heterocycles. The highest BCUT2D eigenvalue weighted by molar-refractivity contribution is 5.93. The van der Waals surface area contributed by atoms with Crippen molar-refractivity contribution < 1.29 is 24.2 Å². The van der Waals surface area contributed by atoms with Gasteiger partial charge in [-0.2, -0.15) is 0 Å². The van der Waals surface area contributed by atoms with Crippen molar-refractivity contribution in [2.45, 2.75) is 32.6 Å². The van der Waals surface area contributed by atoms with E-state index in [1.165, 1.54) is 0 Å². The Morgan fingerprint density at radius 3 is 2.93 bits per heavy atom. The summed E-state index contributed by atoms with van der Waals surface area (Å²) >= 11 is 0. The van der Waals surface area contributed by atoms with Gasteiger partial charge in [0.25, 0.3) is 0 Å². The van der Waals surface area contributed by atoms with Crippen molar-refractivity contribution in [3.05, 3.63) is 41.6 Å². The summed E-state index contributed by atoms with van der Waals surface area (Å²) in [6.45, 7) is 4.10.